The first kappa shape index (κ1) is 15.6. The summed E-state index contributed by atoms with van der Waals surface area (Å²) in [7, 11) is 0. The number of hydrogen-bond donors (Lipinski definition) is 2. The summed E-state index contributed by atoms with van der Waals surface area (Å²) in [4.78, 5) is 0. The van der Waals surface area contributed by atoms with Gasteiger partial charge in [-0.1, -0.05) is 6.42 Å². The molecular formula is C14H17BrF3NO. The molecule has 2 unspecified atom stereocenters. The Morgan fingerprint density at radius 1 is 1.25 bits per heavy atom. The lowest BCUT2D eigenvalue weighted by molar-refractivity contribution is -0.137. The van der Waals surface area contributed by atoms with Gasteiger partial charge in [0.2, 0.25) is 0 Å². The van der Waals surface area contributed by atoms with Crippen LogP contribution in [-0.4, -0.2) is 18.3 Å². The fourth-order valence-corrected chi connectivity index (χ4v) is 3.22. The molecule has 112 valence electrons. The zero-order valence-corrected chi connectivity index (χ0v) is 12.5. The third-order valence-corrected chi connectivity index (χ3v) is 4.56. The highest BCUT2D eigenvalue weighted by atomic mass is 79.9. The highest BCUT2D eigenvalue weighted by molar-refractivity contribution is 9.10. The number of anilines is 1. The van der Waals surface area contributed by atoms with Gasteiger partial charge in [0.25, 0.3) is 0 Å². The van der Waals surface area contributed by atoms with Crippen molar-refractivity contribution < 1.29 is 18.3 Å². The molecular weight excluding hydrogens is 335 g/mol. The molecule has 1 aliphatic rings. The topological polar surface area (TPSA) is 32.3 Å². The zero-order valence-electron chi connectivity index (χ0n) is 10.9. The molecule has 0 spiro atoms. The number of benzene rings is 1. The number of hydrogen-bond acceptors (Lipinski definition) is 2. The predicted molar refractivity (Wildman–Crippen MR) is 75.6 cm³/mol. The van der Waals surface area contributed by atoms with Crippen molar-refractivity contribution in [3.05, 3.63) is 28.2 Å². The number of aliphatic hydroxyl groups excluding tert-OH is 1. The second-order valence-corrected chi connectivity index (χ2v) is 6.06. The number of halogens is 4. The van der Waals surface area contributed by atoms with E-state index in [1.165, 1.54) is 6.07 Å². The Morgan fingerprint density at radius 2 is 1.95 bits per heavy atom. The van der Waals surface area contributed by atoms with E-state index in [9.17, 15) is 18.3 Å². The van der Waals surface area contributed by atoms with Crippen LogP contribution in [0, 0.1) is 11.8 Å². The molecule has 0 amide bonds. The molecule has 0 aromatic heterocycles. The standard InChI is InChI=1S/C14H17BrF3NO/c15-12-6-11(14(16,17)18)4-5-13(12)19-7-9-2-1-3-10(9)8-20/h4-6,9-10,19-20H,1-3,7-8H2. The molecule has 1 fully saturated rings. The first-order valence-electron chi connectivity index (χ1n) is 6.63. The van der Waals surface area contributed by atoms with Gasteiger partial charge in [-0.3, -0.25) is 0 Å². The zero-order chi connectivity index (χ0) is 14.8. The molecule has 6 heteroatoms. The van der Waals surface area contributed by atoms with Crippen molar-refractivity contribution in [2.45, 2.75) is 25.4 Å². The summed E-state index contributed by atoms with van der Waals surface area (Å²) in [5.41, 5.74) is -0.00869. The van der Waals surface area contributed by atoms with Gasteiger partial charge in [-0.2, -0.15) is 13.2 Å². The molecule has 0 saturated heterocycles. The molecule has 2 atom stereocenters. The SMILES string of the molecule is OCC1CCCC1CNc1ccc(C(F)(F)F)cc1Br. The van der Waals surface area contributed by atoms with Crippen LogP contribution >= 0.6 is 15.9 Å². The minimum Gasteiger partial charge on any atom is -0.396 e. The molecule has 20 heavy (non-hydrogen) atoms. The summed E-state index contributed by atoms with van der Waals surface area (Å²) in [6.45, 7) is 0.857. The second kappa shape index (κ2) is 6.35. The van der Waals surface area contributed by atoms with Crippen LogP contribution in [0.2, 0.25) is 0 Å². The number of alkyl halides is 3. The van der Waals surface area contributed by atoms with E-state index < -0.39 is 11.7 Å². The summed E-state index contributed by atoms with van der Waals surface area (Å²) in [6, 6.07) is 3.60. The van der Waals surface area contributed by atoms with Crippen molar-refractivity contribution in [1.29, 1.82) is 0 Å². The fourth-order valence-electron chi connectivity index (χ4n) is 2.70. The Kier molecular flexibility index (Phi) is 4.96. The lowest BCUT2D eigenvalue weighted by atomic mass is 9.97. The monoisotopic (exact) mass is 351 g/mol. The maximum atomic E-state index is 12.6. The Morgan fingerprint density at radius 3 is 2.55 bits per heavy atom. The van der Waals surface area contributed by atoms with Crippen molar-refractivity contribution in [1.82, 2.24) is 0 Å². The first-order chi connectivity index (χ1) is 9.41. The first-order valence-corrected chi connectivity index (χ1v) is 7.42. The minimum atomic E-state index is -4.32. The van der Waals surface area contributed by atoms with Crippen LogP contribution in [0.15, 0.2) is 22.7 Å². The molecule has 1 aromatic carbocycles. The van der Waals surface area contributed by atoms with Crippen LogP contribution in [-0.2, 0) is 6.18 Å². The lowest BCUT2D eigenvalue weighted by Gasteiger charge is -2.19. The minimum absolute atomic E-state index is 0.181. The Balaban J connectivity index is 2.00. The van der Waals surface area contributed by atoms with Crippen LogP contribution in [0.4, 0.5) is 18.9 Å². The van der Waals surface area contributed by atoms with Gasteiger partial charge < -0.3 is 10.4 Å². The van der Waals surface area contributed by atoms with E-state index in [-0.39, 0.29) is 6.61 Å². The van der Waals surface area contributed by atoms with Crippen molar-refractivity contribution in [3.63, 3.8) is 0 Å². The number of nitrogens with one attached hydrogen (secondary N) is 1. The van der Waals surface area contributed by atoms with Gasteiger partial charge in [0.05, 0.1) is 5.56 Å². The van der Waals surface area contributed by atoms with Crippen molar-refractivity contribution in [3.8, 4) is 0 Å². The van der Waals surface area contributed by atoms with Crippen LogP contribution in [0.1, 0.15) is 24.8 Å². The second-order valence-electron chi connectivity index (χ2n) is 5.21. The van der Waals surface area contributed by atoms with Crippen molar-refractivity contribution in [2.24, 2.45) is 11.8 Å². The van der Waals surface area contributed by atoms with Gasteiger partial charge in [0, 0.05) is 23.3 Å². The van der Waals surface area contributed by atoms with E-state index in [4.69, 9.17) is 0 Å². The Hall–Kier alpha value is -0.750. The van der Waals surface area contributed by atoms with E-state index >= 15 is 0 Å². The Bertz CT molecular complexity index is 464. The Labute approximate surface area is 124 Å². The molecule has 1 aromatic rings. The average molecular weight is 352 g/mol. The molecule has 0 radical (unpaired) electrons. The van der Waals surface area contributed by atoms with Crippen LogP contribution in [0.3, 0.4) is 0 Å². The van der Waals surface area contributed by atoms with Crippen LogP contribution in [0.25, 0.3) is 0 Å². The van der Waals surface area contributed by atoms with E-state index in [2.05, 4.69) is 21.2 Å². The fraction of sp³-hybridized carbons (Fsp3) is 0.571. The molecule has 2 rings (SSSR count). The third-order valence-electron chi connectivity index (χ3n) is 3.90. The predicted octanol–water partition coefficient (Wildman–Crippen LogP) is 4.29. The average Bonchev–Trinajstić information content (AvgIpc) is 2.83. The summed E-state index contributed by atoms with van der Waals surface area (Å²) < 4.78 is 38.1. The summed E-state index contributed by atoms with van der Waals surface area (Å²) in [5.74, 6) is 0.685. The molecule has 0 bridgehead atoms. The van der Waals surface area contributed by atoms with Crippen molar-refractivity contribution in [2.75, 3.05) is 18.5 Å². The quantitative estimate of drug-likeness (QED) is 0.848. The number of rotatable bonds is 4. The van der Waals surface area contributed by atoms with Gasteiger partial charge in [0.15, 0.2) is 0 Å². The largest absolute Gasteiger partial charge is 0.416 e. The summed E-state index contributed by atoms with van der Waals surface area (Å²) in [5, 5.41) is 12.4. The van der Waals surface area contributed by atoms with Crippen LogP contribution < -0.4 is 5.32 Å². The molecule has 1 aliphatic carbocycles. The normalized spacial score (nSPS) is 23.1. The highest BCUT2D eigenvalue weighted by Crippen LogP contribution is 2.35. The van der Waals surface area contributed by atoms with Gasteiger partial charge in [-0.15, -0.1) is 0 Å². The highest BCUT2D eigenvalue weighted by Gasteiger charge is 2.31. The molecule has 0 heterocycles. The third kappa shape index (κ3) is 3.67. The van der Waals surface area contributed by atoms with Crippen LogP contribution in [0.5, 0.6) is 0 Å². The smallest absolute Gasteiger partial charge is 0.396 e. The number of aliphatic hydroxyl groups is 1. The van der Waals surface area contributed by atoms with Gasteiger partial charge >= 0.3 is 6.18 Å². The van der Waals surface area contributed by atoms with E-state index in [0.29, 0.717) is 28.5 Å². The lowest BCUT2D eigenvalue weighted by Crippen LogP contribution is -2.21. The van der Waals surface area contributed by atoms with Gasteiger partial charge in [-0.05, 0) is 58.8 Å². The summed E-state index contributed by atoms with van der Waals surface area (Å²) >= 11 is 3.17. The van der Waals surface area contributed by atoms with E-state index in [0.717, 1.165) is 31.4 Å². The van der Waals surface area contributed by atoms with Gasteiger partial charge in [0.1, 0.15) is 0 Å². The van der Waals surface area contributed by atoms with E-state index in [1.54, 1.807) is 0 Å². The maximum Gasteiger partial charge on any atom is 0.416 e. The molecule has 0 aliphatic heterocycles. The molecule has 2 nitrogen and oxygen atoms in total. The molecule has 2 N–H and O–H groups in total. The van der Waals surface area contributed by atoms with E-state index in [1.807, 2.05) is 0 Å². The summed E-state index contributed by atoms with van der Waals surface area (Å²) in [6.07, 6.45) is -1.15. The van der Waals surface area contributed by atoms with Gasteiger partial charge in [-0.25, -0.2) is 0 Å². The maximum absolute atomic E-state index is 12.6. The van der Waals surface area contributed by atoms with Crippen molar-refractivity contribution >= 4 is 21.6 Å². The molecule has 1 saturated carbocycles.